The van der Waals surface area contributed by atoms with Crippen molar-refractivity contribution in [2.45, 2.75) is 26.8 Å². The molecule has 0 radical (unpaired) electrons. The van der Waals surface area contributed by atoms with Crippen LogP contribution in [0.1, 0.15) is 41.5 Å². The van der Waals surface area contributed by atoms with Gasteiger partial charge in [-0.05, 0) is 57.2 Å². The minimum atomic E-state index is -0.251. The van der Waals surface area contributed by atoms with E-state index >= 15 is 0 Å². The first-order valence-corrected chi connectivity index (χ1v) is 7.95. The monoisotopic (exact) mass is 326 g/mol. The molecule has 2 N–H and O–H groups in total. The number of anilines is 1. The van der Waals surface area contributed by atoms with Crippen molar-refractivity contribution in [1.82, 2.24) is 5.32 Å². The van der Waals surface area contributed by atoms with Gasteiger partial charge in [-0.2, -0.15) is 0 Å². The summed E-state index contributed by atoms with van der Waals surface area (Å²) in [7, 11) is 0. The van der Waals surface area contributed by atoms with E-state index in [2.05, 4.69) is 10.6 Å². The van der Waals surface area contributed by atoms with Crippen LogP contribution < -0.4 is 15.4 Å². The molecule has 2 amide bonds. The highest BCUT2D eigenvalue weighted by Crippen LogP contribution is 2.20. The third kappa shape index (κ3) is 4.59. The highest BCUT2D eigenvalue weighted by atomic mass is 16.5. The van der Waals surface area contributed by atoms with Gasteiger partial charge in [0.15, 0.2) is 0 Å². The SMILES string of the molecule is CCOc1ccccc1C(=O)Nc1ccc(C(=O)NC(C)C)cc1. The Hall–Kier alpha value is -2.82. The van der Waals surface area contributed by atoms with E-state index < -0.39 is 0 Å². The Bertz CT molecular complexity index is 709. The van der Waals surface area contributed by atoms with Gasteiger partial charge in [-0.3, -0.25) is 9.59 Å². The quantitative estimate of drug-likeness (QED) is 0.854. The van der Waals surface area contributed by atoms with Crippen LogP contribution in [0.4, 0.5) is 5.69 Å². The smallest absolute Gasteiger partial charge is 0.259 e. The van der Waals surface area contributed by atoms with Gasteiger partial charge in [0, 0.05) is 17.3 Å². The summed E-state index contributed by atoms with van der Waals surface area (Å²) >= 11 is 0. The summed E-state index contributed by atoms with van der Waals surface area (Å²) in [5.41, 5.74) is 1.64. The molecule has 0 heterocycles. The highest BCUT2D eigenvalue weighted by molar-refractivity contribution is 6.06. The number of ether oxygens (including phenoxy) is 1. The van der Waals surface area contributed by atoms with Crippen LogP contribution in [0.5, 0.6) is 5.75 Å². The third-order valence-electron chi connectivity index (χ3n) is 3.26. The predicted octanol–water partition coefficient (Wildman–Crippen LogP) is 3.48. The molecule has 2 aromatic rings. The van der Waals surface area contributed by atoms with E-state index in [0.29, 0.717) is 29.2 Å². The molecular formula is C19H22N2O3. The van der Waals surface area contributed by atoms with E-state index in [1.165, 1.54) is 0 Å². The van der Waals surface area contributed by atoms with Crippen LogP contribution in [0.15, 0.2) is 48.5 Å². The first kappa shape index (κ1) is 17.5. The highest BCUT2D eigenvalue weighted by Gasteiger charge is 2.12. The molecule has 0 fully saturated rings. The standard InChI is InChI=1S/C19H22N2O3/c1-4-24-17-8-6-5-7-16(17)19(23)21-15-11-9-14(10-12-15)18(22)20-13(2)3/h5-13H,4H2,1-3H3,(H,20,22)(H,21,23). The summed E-state index contributed by atoms with van der Waals surface area (Å²) < 4.78 is 5.47. The lowest BCUT2D eigenvalue weighted by molar-refractivity contribution is 0.0942. The van der Waals surface area contributed by atoms with Crippen molar-refractivity contribution >= 4 is 17.5 Å². The zero-order valence-electron chi connectivity index (χ0n) is 14.1. The minimum absolute atomic E-state index is 0.0759. The average molecular weight is 326 g/mol. The minimum Gasteiger partial charge on any atom is -0.493 e. The number of benzene rings is 2. The van der Waals surface area contributed by atoms with Gasteiger partial charge < -0.3 is 15.4 Å². The zero-order valence-corrected chi connectivity index (χ0v) is 14.1. The molecular weight excluding hydrogens is 304 g/mol. The number of para-hydroxylation sites is 1. The summed E-state index contributed by atoms with van der Waals surface area (Å²) in [4.78, 5) is 24.3. The van der Waals surface area contributed by atoms with E-state index in [9.17, 15) is 9.59 Å². The first-order chi connectivity index (χ1) is 11.5. The fourth-order valence-electron chi connectivity index (χ4n) is 2.18. The Balaban J connectivity index is 2.09. The van der Waals surface area contributed by atoms with Gasteiger partial charge >= 0.3 is 0 Å². The van der Waals surface area contributed by atoms with Gasteiger partial charge in [0.25, 0.3) is 11.8 Å². The van der Waals surface area contributed by atoms with E-state index in [4.69, 9.17) is 4.74 Å². The number of carbonyl (C=O) groups excluding carboxylic acids is 2. The molecule has 0 unspecified atom stereocenters. The van der Waals surface area contributed by atoms with E-state index in [0.717, 1.165) is 0 Å². The number of nitrogens with one attached hydrogen (secondary N) is 2. The summed E-state index contributed by atoms with van der Waals surface area (Å²) in [6, 6.07) is 13.9. The average Bonchev–Trinajstić information content (AvgIpc) is 2.55. The van der Waals surface area contributed by atoms with Crippen molar-refractivity contribution in [2.24, 2.45) is 0 Å². The third-order valence-corrected chi connectivity index (χ3v) is 3.26. The topological polar surface area (TPSA) is 67.4 Å². The molecule has 2 aromatic carbocycles. The molecule has 0 spiro atoms. The largest absolute Gasteiger partial charge is 0.493 e. The van der Waals surface area contributed by atoms with Crippen LogP contribution in [-0.2, 0) is 0 Å². The number of rotatable bonds is 6. The van der Waals surface area contributed by atoms with Gasteiger partial charge in [0.1, 0.15) is 5.75 Å². The fourth-order valence-corrected chi connectivity index (χ4v) is 2.18. The van der Waals surface area contributed by atoms with Gasteiger partial charge in [0.2, 0.25) is 0 Å². The first-order valence-electron chi connectivity index (χ1n) is 7.95. The lowest BCUT2D eigenvalue weighted by Gasteiger charge is -2.11. The van der Waals surface area contributed by atoms with Crippen molar-refractivity contribution < 1.29 is 14.3 Å². The number of amides is 2. The molecule has 0 atom stereocenters. The fraction of sp³-hybridized carbons (Fsp3) is 0.263. The number of carbonyl (C=O) groups is 2. The van der Waals surface area contributed by atoms with Crippen molar-refractivity contribution in [3.8, 4) is 5.75 Å². The molecule has 0 aliphatic rings. The Labute approximate surface area is 142 Å². The number of hydrogen-bond donors (Lipinski definition) is 2. The summed E-state index contributed by atoms with van der Waals surface area (Å²) in [6.45, 7) is 6.17. The van der Waals surface area contributed by atoms with Crippen LogP contribution in [0.25, 0.3) is 0 Å². The lowest BCUT2D eigenvalue weighted by atomic mass is 10.1. The normalized spacial score (nSPS) is 10.3. The second-order valence-corrected chi connectivity index (χ2v) is 5.59. The van der Waals surface area contributed by atoms with Crippen molar-refractivity contribution in [3.63, 3.8) is 0 Å². The van der Waals surface area contributed by atoms with Gasteiger partial charge in [-0.1, -0.05) is 12.1 Å². The molecule has 0 saturated heterocycles. The molecule has 0 aliphatic carbocycles. The van der Waals surface area contributed by atoms with Crippen molar-refractivity contribution in [3.05, 3.63) is 59.7 Å². The van der Waals surface area contributed by atoms with Gasteiger partial charge in [-0.15, -0.1) is 0 Å². The lowest BCUT2D eigenvalue weighted by Crippen LogP contribution is -2.30. The maximum atomic E-state index is 12.4. The Morgan fingerprint density at radius 1 is 1.00 bits per heavy atom. The van der Waals surface area contributed by atoms with Crippen LogP contribution in [0.2, 0.25) is 0 Å². The Kier molecular flexibility index (Phi) is 5.95. The molecule has 126 valence electrons. The second kappa shape index (κ2) is 8.15. The molecule has 5 heteroatoms. The molecule has 0 aromatic heterocycles. The Morgan fingerprint density at radius 2 is 1.67 bits per heavy atom. The van der Waals surface area contributed by atoms with Crippen LogP contribution in [-0.4, -0.2) is 24.5 Å². The van der Waals surface area contributed by atoms with Gasteiger partial charge in [-0.25, -0.2) is 0 Å². The van der Waals surface area contributed by atoms with E-state index in [1.54, 1.807) is 42.5 Å². The van der Waals surface area contributed by atoms with E-state index in [-0.39, 0.29) is 17.9 Å². The maximum absolute atomic E-state index is 12.4. The molecule has 5 nitrogen and oxygen atoms in total. The van der Waals surface area contributed by atoms with Crippen molar-refractivity contribution in [1.29, 1.82) is 0 Å². The van der Waals surface area contributed by atoms with Crippen molar-refractivity contribution in [2.75, 3.05) is 11.9 Å². The Morgan fingerprint density at radius 3 is 2.29 bits per heavy atom. The van der Waals surface area contributed by atoms with Crippen LogP contribution >= 0.6 is 0 Å². The van der Waals surface area contributed by atoms with Gasteiger partial charge in [0.05, 0.1) is 12.2 Å². The molecule has 0 aliphatic heterocycles. The van der Waals surface area contributed by atoms with Crippen LogP contribution in [0, 0.1) is 0 Å². The molecule has 24 heavy (non-hydrogen) atoms. The second-order valence-electron chi connectivity index (χ2n) is 5.59. The maximum Gasteiger partial charge on any atom is 0.259 e. The summed E-state index contributed by atoms with van der Waals surface area (Å²) in [5, 5.41) is 5.64. The van der Waals surface area contributed by atoms with E-state index in [1.807, 2.05) is 26.8 Å². The zero-order chi connectivity index (χ0) is 17.5. The summed E-state index contributed by atoms with van der Waals surface area (Å²) in [6.07, 6.45) is 0. The summed E-state index contributed by atoms with van der Waals surface area (Å²) in [5.74, 6) is 0.161. The van der Waals surface area contributed by atoms with Crippen LogP contribution in [0.3, 0.4) is 0 Å². The number of hydrogen-bond acceptors (Lipinski definition) is 3. The molecule has 2 rings (SSSR count). The predicted molar refractivity (Wildman–Crippen MR) is 94.6 cm³/mol. The molecule has 0 saturated carbocycles. The molecule has 0 bridgehead atoms.